The molecule has 6 nitrogen and oxygen atoms in total. The Bertz CT molecular complexity index is 674. The quantitative estimate of drug-likeness (QED) is 0.292. The van der Waals surface area contributed by atoms with Gasteiger partial charge in [-0.1, -0.05) is 18.2 Å². The predicted octanol–water partition coefficient (Wildman–Crippen LogP) is 2.91. The molecule has 0 radical (unpaired) electrons. The van der Waals surface area contributed by atoms with Crippen LogP contribution in [0.5, 0.6) is 0 Å². The number of esters is 1. The molecule has 28 heavy (non-hydrogen) atoms. The number of likely N-dealkylation sites (tertiary alicyclic amines) is 1. The molecule has 156 valence electrons. The number of benzene rings is 1. The summed E-state index contributed by atoms with van der Waals surface area (Å²) in [6.07, 6.45) is 2.77. The van der Waals surface area contributed by atoms with Gasteiger partial charge in [-0.15, -0.1) is 24.0 Å². The Morgan fingerprint density at radius 2 is 2.00 bits per heavy atom. The summed E-state index contributed by atoms with van der Waals surface area (Å²) in [6.45, 7) is 8.59. The Morgan fingerprint density at radius 1 is 1.29 bits per heavy atom. The topological polar surface area (TPSA) is 57.2 Å². The second-order valence-electron chi connectivity index (χ2n) is 7.40. The van der Waals surface area contributed by atoms with Crippen LogP contribution < -0.4 is 10.2 Å². The number of hydrogen-bond donors (Lipinski definition) is 1. The van der Waals surface area contributed by atoms with Crippen LogP contribution in [0.1, 0.15) is 32.3 Å². The Hall–Kier alpha value is -1.51. The summed E-state index contributed by atoms with van der Waals surface area (Å²) in [4.78, 5) is 21.3. The zero-order valence-corrected chi connectivity index (χ0v) is 19.5. The first-order valence-corrected chi connectivity index (χ1v) is 10.1. The lowest BCUT2D eigenvalue weighted by atomic mass is 9.97. The van der Waals surface area contributed by atoms with Crippen molar-refractivity contribution in [2.24, 2.45) is 10.9 Å². The smallest absolute Gasteiger partial charge is 0.308 e. The van der Waals surface area contributed by atoms with Gasteiger partial charge < -0.3 is 19.9 Å². The first-order chi connectivity index (χ1) is 13.1. The number of anilines is 1. The van der Waals surface area contributed by atoms with E-state index in [2.05, 4.69) is 53.2 Å². The van der Waals surface area contributed by atoms with E-state index in [1.165, 1.54) is 18.4 Å². The zero-order chi connectivity index (χ0) is 19.2. The van der Waals surface area contributed by atoms with E-state index >= 15 is 0 Å². The average Bonchev–Trinajstić information content (AvgIpc) is 3.02. The van der Waals surface area contributed by atoms with Gasteiger partial charge in [0, 0.05) is 37.9 Å². The molecule has 0 saturated carbocycles. The summed E-state index contributed by atoms with van der Waals surface area (Å²) < 4.78 is 4.88. The minimum atomic E-state index is -0.0849. The molecule has 0 aliphatic carbocycles. The first kappa shape index (κ1) is 22.8. The molecule has 2 aliphatic heterocycles. The Kier molecular flexibility index (Phi) is 8.85. The van der Waals surface area contributed by atoms with Crippen molar-refractivity contribution in [2.45, 2.75) is 39.2 Å². The van der Waals surface area contributed by atoms with Crippen LogP contribution in [-0.4, -0.2) is 62.7 Å². The molecule has 1 aromatic carbocycles. The highest BCUT2D eigenvalue weighted by Gasteiger charge is 2.27. The molecule has 2 aliphatic rings. The minimum absolute atomic E-state index is 0. The Labute approximate surface area is 185 Å². The van der Waals surface area contributed by atoms with Gasteiger partial charge in [-0.3, -0.25) is 9.79 Å². The van der Waals surface area contributed by atoms with E-state index in [1.54, 1.807) is 0 Å². The molecule has 7 heteroatoms. The third kappa shape index (κ3) is 5.30. The third-order valence-electron chi connectivity index (χ3n) is 5.61. The van der Waals surface area contributed by atoms with Crippen LogP contribution >= 0.6 is 24.0 Å². The van der Waals surface area contributed by atoms with Gasteiger partial charge in [0.25, 0.3) is 0 Å². The molecule has 3 rings (SSSR count). The van der Waals surface area contributed by atoms with Crippen LogP contribution in [0.2, 0.25) is 0 Å². The number of carbonyl (C=O) groups excluding carboxylic acids is 1. The lowest BCUT2D eigenvalue weighted by Gasteiger charge is -2.33. The zero-order valence-electron chi connectivity index (χ0n) is 17.2. The molecule has 1 unspecified atom stereocenters. The molecule has 1 saturated heterocycles. The summed E-state index contributed by atoms with van der Waals surface area (Å²) >= 11 is 0. The molecule has 0 aromatic heterocycles. The molecular weight excluding hydrogens is 467 g/mol. The van der Waals surface area contributed by atoms with E-state index < -0.39 is 0 Å². The predicted molar refractivity (Wildman–Crippen MR) is 125 cm³/mol. The SMILES string of the molecule is CCNC(=NCCN1c2ccccc2CC1C)N1CCC(C(=O)OC)CC1.I. The van der Waals surface area contributed by atoms with Gasteiger partial charge in [-0.05, 0) is 44.7 Å². The molecule has 1 aromatic rings. The summed E-state index contributed by atoms with van der Waals surface area (Å²) in [5, 5.41) is 3.41. The van der Waals surface area contributed by atoms with Gasteiger partial charge in [0.2, 0.25) is 0 Å². The number of piperidine rings is 1. The second-order valence-corrected chi connectivity index (χ2v) is 7.40. The van der Waals surface area contributed by atoms with Crippen LogP contribution in [0.25, 0.3) is 0 Å². The number of methoxy groups -OCH3 is 1. The van der Waals surface area contributed by atoms with Crippen molar-refractivity contribution in [3.63, 3.8) is 0 Å². The van der Waals surface area contributed by atoms with Crippen molar-refractivity contribution < 1.29 is 9.53 Å². The van der Waals surface area contributed by atoms with Gasteiger partial charge >= 0.3 is 5.97 Å². The third-order valence-corrected chi connectivity index (χ3v) is 5.61. The Morgan fingerprint density at radius 3 is 2.68 bits per heavy atom. The summed E-state index contributed by atoms with van der Waals surface area (Å²) in [6, 6.07) is 9.20. The number of ether oxygens (including phenoxy) is 1. The summed E-state index contributed by atoms with van der Waals surface area (Å²) in [5.41, 5.74) is 2.79. The molecule has 0 bridgehead atoms. The number of nitrogens with zero attached hydrogens (tertiary/aromatic N) is 3. The largest absolute Gasteiger partial charge is 0.469 e. The summed E-state index contributed by atoms with van der Waals surface area (Å²) in [7, 11) is 1.47. The monoisotopic (exact) mass is 500 g/mol. The Balaban J connectivity index is 0.00000280. The van der Waals surface area contributed by atoms with E-state index in [9.17, 15) is 4.79 Å². The van der Waals surface area contributed by atoms with E-state index in [-0.39, 0.29) is 35.9 Å². The fourth-order valence-electron chi connectivity index (χ4n) is 4.15. The van der Waals surface area contributed by atoms with Gasteiger partial charge in [0.15, 0.2) is 5.96 Å². The van der Waals surface area contributed by atoms with Gasteiger partial charge in [-0.25, -0.2) is 0 Å². The standard InChI is InChI=1S/C21H32N4O2.HI/c1-4-22-21(24-12-9-17(10-13-24)20(26)27-3)23-11-14-25-16(2)15-18-7-5-6-8-19(18)25;/h5-8,16-17H,4,9-15H2,1-3H3,(H,22,23);1H. The number of rotatable bonds is 5. The minimum Gasteiger partial charge on any atom is -0.469 e. The number of guanidine groups is 1. The van der Waals surface area contributed by atoms with Crippen molar-refractivity contribution in [1.29, 1.82) is 0 Å². The molecule has 2 heterocycles. The maximum absolute atomic E-state index is 11.7. The maximum atomic E-state index is 11.7. The van der Waals surface area contributed by atoms with Gasteiger partial charge in [0.05, 0.1) is 19.6 Å². The highest BCUT2D eigenvalue weighted by molar-refractivity contribution is 14.0. The van der Waals surface area contributed by atoms with Crippen LogP contribution in [0.4, 0.5) is 5.69 Å². The number of fused-ring (bicyclic) bond motifs is 1. The van der Waals surface area contributed by atoms with Crippen LogP contribution in [0.15, 0.2) is 29.3 Å². The highest BCUT2D eigenvalue weighted by Crippen LogP contribution is 2.31. The van der Waals surface area contributed by atoms with Crippen molar-refractivity contribution in [1.82, 2.24) is 10.2 Å². The van der Waals surface area contributed by atoms with E-state index in [4.69, 9.17) is 9.73 Å². The second kappa shape index (κ2) is 10.9. The lowest BCUT2D eigenvalue weighted by Crippen LogP contribution is -2.47. The van der Waals surface area contributed by atoms with E-state index in [1.807, 2.05) is 0 Å². The van der Waals surface area contributed by atoms with Gasteiger partial charge in [0.1, 0.15) is 0 Å². The highest BCUT2D eigenvalue weighted by atomic mass is 127. The number of para-hydroxylation sites is 1. The fourth-order valence-corrected chi connectivity index (χ4v) is 4.15. The lowest BCUT2D eigenvalue weighted by molar-refractivity contribution is -0.146. The molecule has 1 fully saturated rings. The first-order valence-electron chi connectivity index (χ1n) is 10.1. The number of halogens is 1. The van der Waals surface area contributed by atoms with E-state index in [0.29, 0.717) is 6.04 Å². The van der Waals surface area contributed by atoms with Crippen molar-refractivity contribution in [2.75, 3.05) is 44.7 Å². The van der Waals surface area contributed by atoms with Gasteiger partial charge in [-0.2, -0.15) is 0 Å². The summed E-state index contributed by atoms with van der Waals surface area (Å²) in [5.74, 6) is 0.898. The maximum Gasteiger partial charge on any atom is 0.308 e. The molecular formula is C21H33IN4O2. The van der Waals surface area contributed by atoms with Crippen LogP contribution in [-0.2, 0) is 16.0 Å². The number of aliphatic imine (C=N–C) groups is 1. The number of nitrogens with one attached hydrogen (secondary N) is 1. The molecule has 1 N–H and O–H groups in total. The fraction of sp³-hybridized carbons (Fsp3) is 0.619. The molecule has 0 spiro atoms. The number of hydrogen-bond acceptors (Lipinski definition) is 4. The number of carbonyl (C=O) groups is 1. The van der Waals surface area contributed by atoms with Crippen molar-refractivity contribution in [3.8, 4) is 0 Å². The van der Waals surface area contributed by atoms with Crippen LogP contribution in [0.3, 0.4) is 0 Å². The average molecular weight is 500 g/mol. The van der Waals surface area contributed by atoms with E-state index in [0.717, 1.165) is 57.9 Å². The molecule has 0 amide bonds. The normalized spacial score (nSPS) is 19.8. The van der Waals surface area contributed by atoms with Crippen molar-refractivity contribution in [3.05, 3.63) is 29.8 Å². The van der Waals surface area contributed by atoms with Crippen molar-refractivity contribution >= 4 is 41.6 Å². The molecule has 1 atom stereocenters. The van der Waals surface area contributed by atoms with Crippen LogP contribution in [0, 0.1) is 5.92 Å².